The van der Waals surface area contributed by atoms with Crippen LogP contribution >= 0.6 is 0 Å². The van der Waals surface area contributed by atoms with Crippen LogP contribution in [0.25, 0.3) is 0 Å². The van der Waals surface area contributed by atoms with Gasteiger partial charge in [0, 0.05) is 12.8 Å². The maximum absolute atomic E-state index is 12.1. The van der Waals surface area contributed by atoms with Crippen molar-refractivity contribution in [1.82, 2.24) is 9.78 Å². The third kappa shape index (κ3) is 4.65. The van der Waals surface area contributed by atoms with E-state index in [0.29, 0.717) is 18.2 Å². The molecule has 0 aliphatic heterocycles. The number of rotatable bonds is 5. The molecule has 0 aliphatic rings. The Morgan fingerprint density at radius 2 is 2.12 bits per heavy atom. The summed E-state index contributed by atoms with van der Waals surface area (Å²) in [7, 11) is 0. The van der Waals surface area contributed by atoms with E-state index in [1.165, 1.54) is 12.3 Å². The van der Waals surface area contributed by atoms with Gasteiger partial charge in [-0.05, 0) is 12.0 Å². The maximum atomic E-state index is 12.1. The molecule has 6 heteroatoms. The lowest BCUT2D eigenvalue weighted by Gasteiger charge is -2.11. The van der Waals surface area contributed by atoms with Gasteiger partial charge in [0.15, 0.2) is 0 Å². The summed E-state index contributed by atoms with van der Waals surface area (Å²) in [5.74, 6) is 0.360. The SMILES string of the molecule is CC(C)COCc1ccnn1CC(F)(F)F. The molecule has 1 rings (SSSR count). The van der Waals surface area contributed by atoms with Crippen molar-refractivity contribution in [1.29, 1.82) is 0 Å². The highest BCUT2D eigenvalue weighted by Gasteiger charge is 2.29. The topological polar surface area (TPSA) is 27.1 Å². The van der Waals surface area contributed by atoms with Gasteiger partial charge in [0.25, 0.3) is 0 Å². The molecule has 1 aromatic rings. The minimum absolute atomic E-state index is 0.161. The van der Waals surface area contributed by atoms with Gasteiger partial charge in [0.05, 0.1) is 12.3 Å². The quantitative estimate of drug-likeness (QED) is 0.785. The van der Waals surface area contributed by atoms with Crippen molar-refractivity contribution < 1.29 is 17.9 Å². The molecule has 16 heavy (non-hydrogen) atoms. The number of nitrogens with zero attached hydrogens (tertiary/aromatic N) is 2. The molecule has 0 unspecified atom stereocenters. The van der Waals surface area contributed by atoms with Crippen LogP contribution in [0, 0.1) is 5.92 Å². The Kier molecular flexibility index (Phi) is 4.35. The molecule has 0 aliphatic carbocycles. The molecule has 0 N–H and O–H groups in total. The number of aromatic nitrogens is 2. The molecule has 0 atom stereocenters. The fraction of sp³-hybridized carbons (Fsp3) is 0.700. The van der Waals surface area contributed by atoms with Crippen molar-refractivity contribution in [3.8, 4) is 0 Å². The Morgan fingerprint density at radius 3 is 2.69 bits per heavy atom. The van der Waals surface area contributed by atoms with E-state index in [2.05, 4.69) is 5.10 Å². The lowest BCUT2D eigenvalue weighted by molar-refractivity contribution is -0.143. The maximum Gasteiger partial charge on any atom is 0.408 e. The minimum atomic E-state index is -4.25. The summed E-state index contributed by atoms with van der Waals surface area (Å²) >= 11 is 0. The van der Waals surface area contributed by atoms with Crippen LogP contribution in [0.5, 0.6) is 0 Å². The standard InChI is InChI=1S/C10H15F3N2O/c1-8(2)5-16-6-9-3-4-14-15(9)7-10(11,12)13/h3-4,8H,5-7H2,1-2H3. The molecule has 0 bridgehead atoms. The average Bonchev–Trinajstić information content (AvgIpc) is 2.49. The average molecular weight is 236 g/mol. The number of ether oxygens (including phenoxy) is 1. The summed E-state index contributed by atoms with van der Waals surface area (Å²) in [4.78, 5) is 0. The Bertz CT molecular complexity index is 320. The highest BCUT2D eigenvalue weighted by Crippen LogP contribution is 2.18. The van der Waals surface area contributed by atoms with Crippen LogP contribution in [0.2, 0.25) is 0 Å². The normalized spacial score (nSPS) is 12.4. The highest BCUT2D eigenvalue weighted by atomic mass is 19.4. The van der Waals surface area contributed by atoms with Crippen LogP contribution in [-0.4, -0.2) is 22.6 Å². The van der Waals surface area contributed by atoms with Crippen molar-refractivity contribution in [3.63, 3.8) is 0 Å². The van der Waals surface area contributed by atoms with Crippen molar-refractivity contribution in [2.75, 3.05) is 6.61 Å². The smallest absolute Gasteiger partial charge is 0.375 e. The fourth-order valence-corrected chi connectivity index (χ4v) is 1.19. The largest absolute Gasteiger partial charge is 0.408 e. The zero-order chi connectivity index (χ0) is 12.2. The molecule has 1 aromatic heterocycles. The number of alkyl halides is 3. The molecule has 0 aromatic carbocycles. The molecule has 1 heterocycles. The van der Waals surface area contributed by atoms with E-state index in [9.17, 15) is 13.2 Å². The first-order valence-corrected chi connectivity index (χ1v) is 5.03. The van der Waals surface area contributed by atoms with E-state index in [1.807, 2.05) is 13.8 Å². The minimum Gasteiger partial charge on any atom is -0.375 e. The Morgan fingerprint density at radius 1 is 1.44 bits per heavy atom. The van der Waals surface area contributed by atoms with Crippen LogP contribution in [0.15, 0.2) is 12.3 Å². The van der Waals surface area contributed by atoms with Gasteiger partial charge in [-0.15, -0.1) is 0 Å². The Labute approximate surface area is 92.2 Å². The van der Waals surface area contributed by atoms with Gasteiger partial charge in [0.1, 0.15) is 6.54 Å². The second-order valence-electron chi connectivity index (χ2n) is 4.00. The summed E-state index contributed by atoms with van der Waals surface area (Å²) in [5.41, 5.74) is 0.443. The first-order chi connectivity index (χ1) is 7.38. The van der Waals surface area contributed by atoms with Gasteiger partial charge in [-0.25, -0.2) is 0 Å². The summed E-state index contributed by atoms with van der Waals surface area (Å²) in [6, 6.07) is 1.53. The van der Waals surface area contributed by atoms with Crippen molar-refractivity contribution >= 4 is 0 Å². The first kappa shape index (κ1) is 13.0. The molecular weight excluding hydrogens is 221 g/mol. The predicted octanol–water partition coefficient (Wildman–Crippen LogP) is 2.62. The third-order valence-electron chi connectivity index (χ3n) is 1.83. The van der Waals surface area contributed by atoms with Crippen molar-refractivity contribution in [2.24, 2.45) is 5.92 Å². The van der Waals surface area contributed by atoms with Gasteiger partial charge >= 0.3 is 6.18 Å². The van der Waals surface area contributed by atoms with Gasteiger partial charge in [0.2, 0.25) is 0 Å². The predicted molar refractivity (Wildman–Crippen MR) is 52.8 cm³/mol. The lowest BCUT2D eigenvalue weighted by Crippen LogP contribution is -2.20. The van der Waals surface area contributed by atoms with Gasteiger partial charge < -0.3 is 4.74 Å². The molecule has 92 valence electrons. The van der Waals surface area contributed by atoms with E-state index in [1.54, 1.807) is 0 Å². The first-order valence-electron chi connectivity index (χ1n) is 5.03. The third-order valence-corrected chi connectivity index (χ3v) is 1.83. The zero-order valence-corrected chi connectivity index (χ0v) is 9.29. The van der Waals surface area contributed by atoms with Crippen LogP contribution in [0.1, 0.15) is 19.5 Å². The second kappa shape index (κ2) is 5.34. The number of hydrogen-bond donors (Lipinski definition) is 0. The Hall–Kier alpha value is -1.04. The molecule has 0 spiro atoms. The van der Waals surface area contributed by atoms with Crippen LogP contribution in [-0.2, 0) is 17.9 Å². The summed E-state index contributed by atoms with van der Waals surface area (Å²) in [6.07, 6.45) is -2.90. The van der Waals surface area contributed by atoms with E-state index in [4.69, 9.17) is 4.74 Å². The lowest BCUT2D eigenvalue weighted by atomic mass is 10.2. The van der Waals surface area contributed by atoms with Gasteiger partial charge in [-0.1, -0.05) is 13.8 Å². The molecule has 3 nitrogen and oxygen atoms in total. The van der Waals surface area contributed by atoms with E-state index < -0.39 is 12.7 Å². The van der Waals surface area contributed by atoms with Crippen LogP contribution < -0.4 is 0 Å². The monoisotopic (exact) mass is 236 g/mol. The van der Waals surface area contributed by atoms with Crippen molar-refractivity contribution in [3.05, 3.63) is 18.0 Å². The summed E-state index contributed by atoms with van der Waals surface area (Å²) in [5, 5.41) is 3.62. The van der Waals surface area contributed by atoms with E-state index >= 15 is 0 Å². The molecule has 0 fully saturated rings. The Balaban J connectivity index is 2.51. The van der Waals surface area contributed by atoms with Crippen LogP contribution in [0.3, 0.4) is 0 Å². The highest BCUT2D eigenvalue weighted by molar-refractivity contribution is 4.99. The van der Waals surface area contributed by atoms with E-state index in [-0.39, 0.29) is 6.61 Å². The summed E-state index contributed by atoms with van der Waals surface area (Å²) < 4.78 is 42.6. The number of halogens is 3. The summed E-state index contributed by atoms with van der Waals surface area (Å²) in [6.45, 7) is 3.58. The molecule has 0 radical (unpaired) electrons. The second-order valence-corrected chi connectivity index (χ2v) is 4.00. The van der Waals surface area contributed by atoms with Gasteiger partial charge in [-0.3, -0.25) is 4.68 Å². The van der Waals surface area contributed by atoms with Gasteiger partial charge in [-0.2, -0.15) is 18.3 Å². The fourth-order valence-electron chi connectivity index (χ4n) is 1.19. The molecule has 0 saturated carbocycles. The van der Waals surface area contributed by atoms with Crippen molar-refractivity contribution in [2.45, 2.75) is 33.2 Å². The van der Waals surface area contributed by atoms with E-state index in [0.717, 1.165) is 4.68 Å². The molecule has 0 saturated heterocycles. The number of hydrogen-bond acceptors (Lipinski definition) is 2. The molecular formula is C10H15F3N2O. The van der Waals surface area contributed by atoms with Crippen LogP contribution in [0.4, 0.5) is 13.2 Å². The molecule has 0 amide bonds. The zero-order valence-electron chi connectivity index (χ0n) is 9.29.